The third-order valence-corrected chi connectivity index (χ3v) is 3.73. The smallest absolute Gasteiger partial charge is 0.324 e. The first-order valence-electron chi connectivity index (χ1n) is 6.27. The van der Waals surface area contributed by atoms with Gasteiger partial charge < -0.3 is 15.2 Å². The number of aliphatic carboxylic acids is 1. The molecular formula is C12H19NO4. The van der Waals surface area contributed by atoms with Gasteiger partial charge in [-0.15, -0.1) is 0 Å². The van der Waals surface area contributed by atoms with E-state index in [1.807, 2.05) is 0 Å². The Bertz CT molecular complexity index is 304. The van der Waals surface area contributed by atoms with Crippen LogP contribution in [0.25, 0.3) is 0 Å². The molecule has 2 aliphatic rings. The fraction of sp³-hybridized carbons (Fsp3) is 0.833. The minimum absolute atomic E-state index is 0.000880. The molecule has 0 radical (unpaired) electrons. The van der Waals surface area contributed by atoms with Crippen molar-refractivity contribution in [3.8, 4) is 0 Å². The SMILES string of the molecule is O=C(O)C1(C(=O)NC2CCCCCC2)COC1. The molecule has 2 rings (SSSR count). The molecule has 17 heavy (non-hydrogen) atoms. The topological polar surface area (TPSA) is 75.6 Å². The van der Waals surface area contributed by atoms with Crippen molar-refractivity contribution in [1.82, 2.24) is 5.32 Å². The molecule has 0 aromatic rings. The minimum atomic E-state index is -1.33. The van der Waals surface area contributed by atoms with Crippen LogP contribution in [0.4, 0.5) is 0 Å². The van der Waals surface area contributed by atoms with Gasteiger partial charge in [0.05, 0.1) is 13.2 Å². The van der Waals surface area contributed by atoms with Crippen LogP contribution in [0.1, 0.15) is 38.5 Å². The number of hydrogen-bond acceptors (Lipinski definition) is 3. The molecule has 1 saturated carbocycles. The van der Waals surface area contributed by atoms with Gasteiger partial charge in [-0.3, -0.25) is 9.59 Å². The number of hydrogen-bond donors (Lipinski definition) is 2. The lowest BCUT2D eigenvalue weighted by atomic mass is 9.84. The standard InChI is InChI=1S/C12H19NO4/c14-10(12(11(15)16)7-17-8-12)13-9-5-3-1-2-4-6-9/h9H,1-8H2,(H,13,14)(H,15,16). The molecule has 96 valence electrons. The largest absolute Gasteiger partial charge is 0.480 e. The fourth-order valence-corrected chi connectivity index (χ4v) is 2.41. The highest BCUT2D eigenvalue weighted by molar-refractivity contribution is 6.03. The summed E-state index contributed by atoms with van der Waals surface area (Å²) in [5.74, 6) is -1.45. The molecule has 5 heteroatoms. The Labute approximate surface area is 101 Å². The summed E-state index contributed by atoms with van der Waals surface area (Å²) in [5, 5.41) is 12.0. The molecule has 0 aromatic heterocycles. The zero-order chi connectivity index (χ0) is 12.3. The molecule has 1 heterocycles. The zero-order valence-electron chi connectivity index (χ0n) is 9.91. The number of carboxylic acids is 1. The van der Waals surface area contributed by atoms with Crippen molar-refractivity contribution < 1.29 is 19.4 Å². The van der Waals surface area contributed by atoms with E-state index in [2.05, 4.69) is 5.32 Å². The van der Waals surface area contributed by atoms with Crippen molar-refractivity contribution in [1.29, 1.82) is 0 Å². The second kappa shape index (κ2) is 5.04. The van der Waals surface area contributed by atoms with Crippen LogP contribution in [-0.2, 0) is 14.3 Å². The fourth-order valence-electron chi connectivity index (χ4n) is 2.41. The van der Waals surface area contributed by atoms with Crippen molar-refractivity contribution in [3.63, 3.8) is 0 Å². The van der Waals surface area contributed by atoms with Gasteiger partial charge in [-0.05, 0) is 12.8 Å². The molecule has 1 saturated heterocycles. The normalized spacial score (nSPS) is 24.5. The van der Waals surface area contributed by atoms with Gasteiger partial charge in [0.25, 0.3) is 0 Å². The molecule has 0 spiro atoms. The zero-order valence-corrected chi connectivity index (χ0v) is 9.91. The summed E-state index contributed by atoms with van der Waals surface area (Å²) in [6, 6.07) is 0.141. The van der Waals surface area contributed by atoms with E-state index < -0.39 is 11.4 Å². The second-order valence-corrected chi connectivity index (χ2v) is 5.04. The maximum absolute atomic E-state index is 12.0. The summed E-state index contributed by atoms with van der Waals surface area (Å²) in [7, 11) is 0. The first kappa shape index (κ1) is 12.4. The number of carbonyl (C=O) groups excluding carboxylic acids is 1. The van der Waals surface area contributed by atoms with Gasteiger partial charge in [-0.1, -0.05) is 25.7 Å². The van der Waals surface area contributed by atoms with Crippen LogP contribution < -0.4 is 5.32 Å². The van der Waals surface area contributed by atoms with Gasteiger partial charge in [-0.25, -0.2) is 0 Å². The number of carboxylic acid groups (broad SMARTS) is 1. The van der Waals surface area contributed by atoms with Crippen LogP contribution in [0.3, 0.4) is 0 Å². The Morgan fingerprint density at radius 1 is 1.12 bits per heavy atom. The molecule has 1 amide bonds. The molecule has 0 unspecified atom stereocenters. The Balaban J connectivity index is 1.93. The van der Waals surface area contributed by atoms with E-state index in [0.717, 1.165) is 25.7 Å². The maximum Gasteiger partial charge on any atom is 0.324 e. The lowest BCUT2D eigenvalue weighted by molar-refractivity contribution is -0.185. The highest BCUT2D eigenvalue weighted by Crippen LogP contribution is 2.29. The monoisotopic (exact) mass is 241 g/mol. The van der Waals surface area contributed by atoms with E-state index in [-0.39, 0.29) is 25.2 Å². The van der Waals surface area contributed by atoms with Gasteiger partial charge in [0.2, 0.25) is 5.91 Å². The summed E-state index contributed by atoms with van der Waals surface area (Å²) < 4.78 is 4.89. The molecule has 1 aliphatic heterocycles. The molecule has 1 aliphatic carbocycles. The summed E-state index contributed by atoms with van der Waals surface area (Å²) in [5.41, 5.74) is -1.33. The second-order valence-electron chi connectivity index (χ2n) is 5.04. The van der Waals surface area contributed by atoms with E-state index in [1.165, 1.54) is 12.8 Å². The summed E-state index contributed by atoms with van der Waals surface area (Å²) in [6.45, 7) is 0.00176. The molecule has 0 aromatic carbocycles. The molecule has 0 bridgehead atoms. The number of ether oxygens (including phenoxy) is 1. The van der Waals surface area contributed by atoms with Gasteiger partial charge in [0.15, 0.2) is 5.41 Å². The molecule has 5 nitrogen and oxygen atoms in total. The van der Waals surface area contributed by atoms with E-state index in [4.69, 9.17) is 9.84 Å². The number of rotatable bonds is 3. The average molecular weight is 241 g/mol. The van der Waals surface area contributed by atoms with E-state index in [0.29, 0.717) is 0 Å². The molecule has 2 fully saturated rings. The first-order valence-corrected chi connectivity index (χ1v) is 6.27. The average Bonchev–Trinajstić information content (AvgIpc) is 2.43. The number of amides is 1. The lowest BCUT2D eigenvalue weighted by Crippen LogP contribution is -2.60. The van der Waals surface area contributed by atoms with E-state index >= 15 is 0 Å². The Hall–Kier alpha value is -1.10. The van der Waals surface area contributed by atoms with Crippen LogP contribution in [0.5, 0.6) is 0 Å². The predicted molar refractivity (Wildman–Crippen MR) is 60.5 cm³/mol. The van der Waals surface area contributed by atoms with Gasteiger partial charge in [-0.2, -0.15) is 0 Å². The highest BCUT2D eigenvalue weighted by Gasteiger charge is 2.53. The Morgan fingerprint density at radius 2 is 1.71 bits per heavy atom. The molecule has 0 atom stereocenters. The Morgan fingerprint density at radius 3 is 2.12 bits per heavy atom. The number of nitrogens with one attached hydrogen (secondary N) is 1. The van der Waals surface area contributed by atoms with Crippen LogP contribution in [0.15, 0.2) is 0 Å². The highest BCUT2D eigenvalue weighted by atomic mass is 16.5. The third kappa shape index (κ3) is 2.44. The van der Waals surface area contributed by atoms with Crippen molar-refractivity contribution in [2.45, 2.75) is 44.6 Å². The van der Waals surface area contributed by atoms with Crippen molar-refractivity contribution >= 4 is 11.9 Å². The van der Waals surface area contributed by atoms with Crippen LogP contribution in [-0.4, -0.2) is 36.2 Å². The van der Waals surface area contributed by atoms with Crippen LogP contribution in [0.2, 0.25) is 0 Å². The maximum atomic E-state index is 12.0. The van der Waals surface area contributed by atoms with Crippen LogP contribution in [0, 0.1) is 5.41 Å². The van der Waals surface area contributed by atoms with E-state index in [1.54, 1.807) is 0 Å². The summed E-state index contributed by atoms with van der Waals surface area (Å²) in [6.07, 6.45) is 6.56. The van der Waals surface area contributed by atoms with E-state index in [9.17, 15) is 9.59 Å². The molecule has 2 N–H and O–H groups in total. The first-order chi connectivity index (χ1) is 8.15. The quantitative estimate of drug-likeness (QED) is 0.569. The minimum Gasteiger partial charge on any atom is -0.480 e. The third-order valence-electron chi connectivity index (χ3n) is 3.73. The van der Waals surface area contributed by atoms with Gasteiger partial charge >= 0.3 is 5.97 Å². The molecular weight excluding hydrogens is 222 g/mol. The summed E-state index contributed by atoms with van der Waals surface area (Å²) >= 11 is 0. The Kier molecular flexibility index (Phi) is 3.66. The van der Waals surface area contributed by atoms with Gasteiger partial charge in [0, 0.05) is 6.04 Å². The number of carbonyl (C=O) groups is 2. The lowest BCUT2D eigenvalue weighted by Gasteiger charge is -2.36. The summed E-state index contributed by atoms with van der Waals surface area (Å²) in [4.78, 5) is 23.1. The van der Waals surface area contributed by atoms with Crippen molar-refractivity contribution in [2.24, 2.45) is 5.41 Å². The van der Waals surface area contributed by atoms with Crippen LogP contribution >= 0.6 is 0 Å². The van der Waals surface area contributed by atoms with Crippen molar-refractivity contribution in [3.05, 3.63) is 0 Å². The predicted octanol–water partition coefficient (Wildman–Crippen LogP) is 0.927. The van der Waals surface area contributed by atoms with Crippen molar-refractivity contribution in [2.75, 3.05) is 13.2 Å². The van der Waals surface area contributed by atoms with Gasteiger partial charge in [0.1, 0.15) is 0 Å².